The number of hydrogen-bond acceptors (Lipinski definition) is 5. The number of nitrogens with zero attached hydrogens (tertiary/aromatic N) is 1. The maximum Gasteiger partial charge on any atom is 0.331 e. The normalized spacial score (nSPS) is 20.4. The van der Waals surface area contributed by atoms with E-state index in [1.807, 2.05) is 0 Å². The van der Waals surface area contributed by atoms with Crippen LogP contribution in [0.25, 0.3) is 11.3 Å². The molecule has 0 bridgehead atoms. The molecule has 3 rings (SSSR count). The van der Waals surface area contributed by atoms with Crippen LogP contribution in [0.1, 0.15) is 17.0 Å². The number of aliphatic carboxylic acids is 1. The van der Waals surface area contributed by atoms with Gasteiger partial charge in [0.25, 0.3) is 5.91 Å². The smallest absolute Gasteiger partial charge is 0.331 e. The van der Waals surface area contributed by atoms with Gasteiger partial charge in [0, 0.05) is 29.7 Å². The van der Waals surface area contributed by atoms with E-state index in [-0.39, 0.29) is 25.4 Å². The van der Waals surface area contributed by atoms with E-state index in [0.29, 0.717) is 16.3 Å². The molecule has 1 fully saturated rings. The highest BCUT2D eigenvalue weighted by Gasteiger charge is 2.44. The molecular weight excluding hydrogens is 324 g/mol. The predicted molar refractivity (Wildman–Crippen MR) is 80.2 cm³/mol. The van der Waals surface area contributed by atoms with Crippen molar-refractivity contribution in [3.8, 4) is 11.3 Å². The van der Waals surface area contributed by atoms with Crippen LogP contribution < -0.4 is 5.32 Å². The number of rotatable bonds is 4. The van der Waals surface area contributed by atoms with Gasteiger partial charge in [0.05, 0.1) is 6.61 Å². The van der Waals surface area contributed by atoms with Gasteiger partial charge in [-0.05, 0) is 12.1 Å². The summed E-state index contributed by atoms with van der Waals surface area (Å²) in [5, 5.41) is 16.1. The Labute approximate surface area is 136 Å². The highest BCUT2D eigenvalue weighted by atomic mass is 35.5. The van der Waals surface area contributed by atoms with E-state index in [9.17, 15) is 14.7 Å². The molecule has 7 nitrogen and oxygen atoms in total. The third-order valence-electron chi connectivity index (χ3n) is 3.64. The quantitative estimate of drug-likeness (QED) is 0.885. The van der Waals surface area contributed by atoms with Crippen LogP contribution in [0.4, 0.5) is 0 Å². The molecule has 1 aromatic carbocycles. The van der Waals surface area contributed by atoms with Gasteiger partial charge in [-0.15, -0.1) is 0 Å². The number of ether oxygens (including phenoxy) is 1. The fourth-order valence-corrected chi connectivity index (χ4v) is 2.52. The molecule has 0 aliphatic carbocycles. The molecule has 8 heteroatoms. The number of hydrogen-bond donors (Lipinski definition) is 2. The van der Waals surface area contributed by atoms with E-state index in [1.165, 1.54) is 6.07 Å². The van der Waals surface area contributed by atoms with Gasteiger partial charge >= 0.3 is 5.97 Å². The topological polar surface area (TPSA) is 102 Å². The largest absolute Gasteiger partial charge is 0.479 e. The highest BCUT2D eigenvalue weighted by Crippen LogP contribution is 2.24. The second kappa shape index (κ2) is 6.02. The Morgan fingerprint density at radius 3 is 2.83 bits per heavy atom. The fourth-order valence-electron chi connectivity index (χ4n) is 2.33. The molecule has 1 aromatic heterocycles. The van der Waals surface area contributed by atoms with E-state index in [1.54, 1.807) is 24.3 Å². The Balaban J connectivity index is 1.80. The van der Waals surface area contributed by atoms with E-state index >= 15 is 0 Å². The van der Waals surface area contributed by atoms with Crippen molar-refractivity contribution in [2.24, 2.45) is 0 Å². The Bertz CT molecular complexity index is 752. The highest BCUT2D eigenvalue weighted by molar-refractivity contribution is 6.30. The average Bonchev–Trinajstić information content (AvgIpc) is 3.17. The van der Waals surface area contributed by atoms with Gasteiger partial charge in [0.15, 0.2) is 5.54 Å². The molecule has 1 amide bonds. The van der Waals surface area contributed by atoms with E-state index < -0.39 is 17.4 Å². The first-order valence-electron chi connectivity index (χ1n) is 6.86. The number of carboxylic acid groups (broad SMARTS) is 1. The van der Waals surface area contributed by atoms with Gasteiger partial charge in [-0.2, -0.15) is 0 Å². The minimum atomic E-state index is -1.43. The van der Waals surface area contributed by atoms with Crippen LogP contribution in [-0.4, -0.2) is 40.9 Å². The number of carbonyl (C=O) groups is 2. The van der Waals surface area contributed by atoms with Crippen LogP contribution in [0.15, 0.2) is 34.9 Å². The summed E-state index contributed by atoms with van der Waals surface area (Å²) in [4.78, 5) is 23.6. The number of aromatic nitrogens is 1. The average molecular weight is 337 g/mol. The van der Waals surface area contributed by atoms with Crippen LogP contribution in [0, 0.1) is 0 Å². The number of carbonyl (C=O) groups excluding carboxylic acids is 1. The predicted octanol–water partition coefficient (Wildman–Crippen LogP) is 1.97. The monoisotopic (exact) mass is 336 g/mol. The lowest BCUT2D eigenvalue weighted by Crippen LogP contribution is -2.55. The van der Waals surface area contributed by atoms with Crippen LogP contribution in [0.5, 0.6) is 0 Å². The van der Waals surface area contributed by atoms with Crippen LogP contribution >= 0.6 is 11.6 Å². The molecule has 23 heavy (non-hydrogen) atoms. The first-order valence-corrected chi connectivity index (χ1v) is 7.24. The van der Waals surface area contributed by atoms with E-state index in [0.717, 1.165) is 0 Å². The molecule has 0 spiro atoms. The van der Waals surface area contributed by atoms with Crippen molar-refractivity contribution in [1.29, 1.82) is 0 Å². The molecule has 2 aromatic rings. The number of benzene rings is 1. The van der Waals surface area contributed by atoms with E-state index in [2.05, 4.69) is 10.5 Å². The maximum absolute atomic E-state index is 12.2. The van der Waals surface area contributed by atoms with Crippen molar-refractivity contribution in [3.05, 3.63) is 41.1 Å². The van der Waals surface area contributed by atoms with Gasteiger partial charge in [0.2, 0.25) is 5.76 Å². The van der Waals surface area contributed by atoms with Crippen LogP contribution in [-0.2, 0) is 9.53 Å². The van der Waals surface area contributed by atoms with Crippen LogP contribution in [0.2, 0.25) is 5.02 Å². The summed E-state index contributed by atoms with van der Waals surface area (Å²) in [7, 11) is 0. The Morgan fingerprint density at radius 2 is 2.17 bits per heavy atom. The van der Waals surface area contributed by atoms with Gasteiger partial charge < -0.3 is 19.7 Å². The SMILES string of the molecule is O=C(NC1(C(=O)O)CCOC1)c1cc(-c2cccc(Cl)c2)no1. The summed E-state index contributed by atoms with van der Waals surface area (Å²) in [5.41, 5.74) is -0.303. The van der Waals surface area contributed by atoms with Crippen molar-refractivity contribution in [2.45, 2.75) is 12.0 Å². The molecule has 1 unspecified atom stereocenters. The zero-order valence-electron chi connectivity index (χ0n) is 11.9. The molecular formula is C15H13ClN2O5. The maximum atomic E-state index is 12.2. The molecule has 2 heterocycles. The van der Waals surface area contributed by atoms with Crippen molar-refractivity contribution in [3.63, 3.8) is 0 Å². The summed E-state index contributed by atoms with van der Waals surface area (Å²) in [5.74, 6) is -1.87. The summed E-state index contributed by atoms with van der Waals surface area (Å²) in [6, 6.07) is 8.36. The molecule has 2 N–H and O–H groups in total. The molecule has 1 aliphatic heterocycles. The fraction of sp³-hybridized carbons (Fsp3) is 0.267. The molecule has 0 saturated carbocycles. The third-order valence-corrected chi connectivity index (χ3v) is 3.87. The Morgan fingerprint density at radius 1 is 1.35 bits per heavy atom. The molecule has 120 valence electrons. The molecule has 1 aliphatic rings. The summed E-state index contributed by atoms with van der Waals surface area (Å²) in [6.45, 7) is 0.195. The minimum absolute atomic E-state index is 0.0764. The molecule has 1 saturated heterocycles. The number of nitrogens with one attached hydrogen (secondary N) is 1. The van der Waals surface area contributed by atoms with Crippen molar-refractivity contribution >= 4 is 23.5 Å². The van der Waals surface area contributed by atoms with Crippen molar-refractivity contribution in [2.75, 3.05) is 13.2 Å². The first-order chi connectivity index (χ1) is 11.0. The van der Waals surface area contributed by atoms with Crippen LogP contribution in [0.3, 0.4) is 0 Å². The van der Waals surface area contributed by atoms with Gasteiger partial charge in [-0.1, -0.05) is 28.9 Å². The standard InChI is InChI=1S/C15H13ClN2O5/c16-10-3-1-2-9(6-10)11-7-12(23-18-11)13(19)17-15(14(20)21)4-5-22-8-15/h1-3,6-7H,4-5,8H2,(H,17,19)(H,20,21). The zero-order chi connectivity index (χ0) is 16.4. The second-order valence-electron chi connectivity index (χ2n) is 5.23. The van der Waals surface area contributed by atoms with Gasteiger partial charge in [-0.25, -0.2) is 4.79 Å². The third kappa shape index (κ3) is 3.06. The zero-order valence-corrected chi connectivity index (χ0v) is 12.7. The first kappa shape index (κ1) is 15.5. The van der Waals surface area contributed by atoms with Gasteiger partial charge in [0.1, 0.15) is 5.69 Å². The van der Waals surface area contributed by atoms with E-state index in [4.69, 9.17) is 20.9 Å². The lowest BCUT2D eigenvalue weighted by atomic mass is 9.99. The number of halogens is 1. The van der Waals surface area contributed by atoms with Crippen molar-refractivity contribution < 1.29 is 24.0 Å². The Hall–Kier alpha value is -2.38. The number of carboxylic acids is 1. The second-order valence-corrected chi connectivity index (χ2v) is 5.67. The lowest BCUT2D eigenvalue weighted by molar-refractivity contribution is -0.144. The molecule has 0 radical (unpaired) electrons. The van der Waals surface area contributed by atoms with Gasteiger partial charge in [-0.3, -0.25) is 4.79 Å². The Kier molecular flexibility index (Phi) is 4.06. The van der Waals surface area contributed by atoms with Crippen molar-refractivity contribution in [1.82, 2.24) is 10.5 Å². The number of amides is 1. The summed E-state index contributed by atoms with van der Waals surface area (Å²) in [6.07, 6.45) is 0.198. The molecule has 1 atom stereocenters. The summed E-state index contributed by atoms with van der Waals surface area (Å²) >= 11 is 5.91. The summed E-state index contributed by atoms with van der Waals surface area (Å²) < 4.78 is 10.1. The minimum Gasteiger partial charge on any atom is -0.479 e. The lowest BCUT2D eigenvalue weighted by Gasteiger charge is -2.22.